The highest BCUT2D eigenvalue weighted by molar-refractivity contribution is 6.17. The van der Waals surface area contributed by atoms with Crippen molar-refractivity contribution in [3.63, 3.8) is 0 Å². The van der Waals surface area contributed by atoms with Gasteiger partial charge in [-0.25, -0.2) is 0 Å². The van der Waals surface area contributed by atoms with Crippen LogP contribution in [0.5, 0.6) is 0 Å². The smallest absolute Gasteiger partial charge is 0.148 e. The molecule has 86 valence electrons. The Morgan fingerprint density at radius 2 is 2.00 bits per heavy atom. The van der Waals surface area contributed by atoms with Gasteiger partial charge in [0.1, 0.15) is 12.4 Å². The molecule has 0 aliphatic heterocycles. The molecule has 14 heavy (non-hydrogen) atoms. The minimum Gasteiger partial charge on any atom is -1.00 e. The topological polar surface area (TPSA) is 26.3 Å². The molecule has 1 unspecified atom stereocenters. The number of carbonyl (C=O) groups excluding carboxylic acids is 1. The predicted octanol–water partition coefficient (Wildman–Crippen LogP) is -2.09. The standard InChI is InChI=1S/C9H19ClNO2.BrH/c1-11(2,7-5-10)6-4-9(8-12)13-3;/h8-9H,4-7H2,1-3H3;1H/q+1;/p-1. The van der Waals surface area contributed by atoms with E-state index in [-0.39, 0.29) is 23.1 Å². The number of carbonyl (C=O) groups is 1. The summed E-state index contributed by atoms with van der Waals surface area (Å²) < 4.78 is 5.79. The van der Waals surface area contributed by atoms with Crippen molar-refractivity contribution in [3.05, 3.63) is 0 Å². The van der Waals surface area contributed by atoms with Gasteiger partial charge in [0.05, 0.1) is 33.1 Å². The summed E-state index contributed by atoms with van der Waals surface area (Å²) in [4.78, 5) is 10.5. The molecule has 0 heterocycles. The van der Waals surface area contributed by atoms with E-state index in [0.717, 1.165) is 30.3 Å². The fourth-order valence-electron chi connectivity index (χ4n) is 1.06. The van der Waals surface area contributed by atoms with Gasteiger partial charge in [0.2, 0.25) is 0 Å². The molecule has 0 aliphatic rings. The molecular formula is C9H19BrClNO2. The Balaban J connectivity index is 0. The molecular weight excluding hydrogens is 269 g/mol. The van der Waals surface area contributed by atoms with Gasteiger partial charge in [-0.3, -0.25) is 0 Å². The maximum Gasteiger partial charge on any atom is 0.148 e. The van der Waals surface area contributed by atoms with E-state index in [1.54, 1.807) is 7.11 Å². The molecule has 0 fully saturated rings. The van der Waals surface area contributed by atoms with E-state index in [0.29, 0.717) is 5.88 Å². The predicted molar refractivity (Wildman–Crippen MR) is 54.0 cm³/mol. The second kappa shape index (κ2) is 8.65. The van der Waals surface area contributed by atoms with Gasteiger partial charge < -0.3 is 31.0 Å². The van der Waals surface area contributed by atoms with Gasteiger partial charge in [-0.2, -0.15) is 0 Å². The lowest BCUT2D eigenvalue weighted by atomic mass is 10.2. The number of nitrogens with zero attached hydrogens (tertiary/aromatic N) is 1. The molecule has 0 aromatic heterocycles. The summed E-state index contributed by atoms with van der Waals surface area (Å²) in [5.74, 6) is 0.645. The summed E-state index contributed by atoms with van der Waals surface area (Å²) in [6, 6.07) is 0. The van der Waals surface area contributed by atoms with Crippen LogP contribution in [0.25, 0.3) is 0 Å². The lowest BCUT2D eigenvalue weighted by Gasteiger charge is -2.29. The van der Waals surface area contributed by atoms with Gasteiger partial charge >= 0.3 is 0 Å². The lowest BCUT2D eigenvalue weighted by molar-refractivity contribution is -0.888. The number of hydrogen-bond acceptors (Lipinski definition) is 2. The van der Waals surface area contributed by atoms with E-state index < -0.39 is 0 Å². The Kier molecular flexibility index (Phi) is 10.4. The summed E-state index contributed by atoms with van der Waals surface area (Å²) in [6.07, 6.45) is 1.33. The van der Waals surface area contributed by atoms with Crippen molar-refractivity contribution < 1.29 is 31.0 Å². The van der Waals surface area contributed by atoms with Crippen molar-refractivity contribution >= 4 is 17.9 Å². The second-order valence-corrected chi connectivity index (χ2v) is 4.15. The zero-order valence-electron chi connectivity index (χ0n) is 9.00. The van der Waals surface area contributed by atoms with Crippen LogP contribution in [-0.4, -0.2) is 57.0 Å². The molecule has 0 aromatic rings. The van der Waals surface area contributed by atoms with E-state index in [1.165, 1.54) is 0 Å². The first-order valence-corrected chi connectivity index (χ1v) is 4.95. The molecule has 0 N–H and O–H groups in total. The first-order valence-electron chi connectivity index (χ1n) is 4.42. The highest BCUT2D eigenvalue weighted by atomic mass is 79.9. The highest BCUT2D eigenvalue weighted by Gasteiger charge is 2.16. The van der Waals surface area contributed by atoms with Gasteiger partial charge in [0.25, 0.3) is 0 Å². The highest BCUT2D eigenvalue weighted by Crippen LogP contribution is 2.03. The number of rotatable bonds is 7. The van der Waals surface area contributed by atoms with E-state index in [1.807, 2.05) is 0 Å². The Morgan fingerprint density at radius 3 is 2.36 bits per heavy atom. The van der Waals surface area contributed by atoms with Gasteiger partial charge in [-0.15, -0.1) is 11.6 Å². The zero-order chi connectivity index (χ0) is 10.3. The van der Waals surface area contributed by atoms with Crippen molar-refractivity contribution in [2.24, 2.45) is 0 Å². The quantitative estimate of drug-likeness (QED) is 0.305. The summed E-state index contributed by atoms with van der Waals surface area (Å²) in [7, 11) is 5.75. The SMILES string of the molecule is COC(C=O)CC[N+](C)(C)CCCl.[Br-]. The summed E-state index contributed by atoms with van der Waals surface area (Å²) in [6.45, 7) is 1.82. The molecule has 0 radical (unpaired) electrons. The third kappa shape index (κ3) is 7.74. The Morgan fingerprint density at radius 1 is 1.43 bits per heavy atom. The average molecular weight is 289 g/mol. The fourth-order valence-corrected chi connectivity index (χ4v) is 1.52. The lowest BCUT2D eigenvalue weighted by Crippen LogP contribution is -3.00. The minimum absolute atomic E-state index is 0. The maximum absolute atomic E-state index is 10.5. The van der Waals surface area contributed by atoms with Crippen LogP contribution in [0.2, 0.25) is 0 Å². The summed E-state index contributed by atoms with van der Waals surface area (Å²) >= 11 is 5.65. The average Bonchev–Trinajstić information content (AvgIpc) is 2.06. The number of hydrogen-bond donors (Lipinski definition) is 0. The monoisotopic (exact) mass is 287 g/mol. The minimum atomic E-state index is -0.271. The molecule has 0 amide bonds. The Hall–Kier alpha value is 0.360. The molecule has 0 rings (SSSR count). The number of quaternary nitrogens is 1. The van der Waals surface area contributed by atoms with Crippen LogP contribution < -0.4 is 17.0 Å². The molecule has 3 nitrogen and oxygen atoms in total. The number of methoxy groups -OCH3 is 1. The van der Waals surface area contributed by atoms with Crippen molar-refractivity contribution in [2.45, 2.75) is 12.5 Å². The van der Waals surface area contributed by atoms with E-state index in [4.69, 9.17) is 16.3 Å². The Bertz CT molecular complexity index is 156. The van der Waals surface area contributed by atoms with Crippen LogP contribution in [0.15, 0.2) is 0 Å². The van der Waals surface area contributed by atoms with Crippen molar-refractivity contribution in [1.82, 2.24) is 0 Å². The van der Waals surface area contributed by atoms with Gasteiger partial charge in [-0.1, -0.05) is 0 Å². The molecule has 0 spiro atoms. The Labute approximate surface area is 102 Å². The van der Waals surface area contributed by atoms with Gasteiger partial charge in [-0.05, 0) is 0 Å². The molecule has 0 aromatic carbocycles. The normalized spacial score (nSPS) is 13.1. The largest absolute Gasteiger partial charge is 1.00 e. The third-order valence-electron chi connectivity index (χ3n) is 2.16. The number of aldehydes is 1. The summed E-state index contributed by atoms with van der Waals surface area (Å²) in [5.41, 5.74) is 0. The van der Waals surface area contributed by atoms with Crippen LogP contribution >= 0.6 is 11.6 Å². The van der Waals surface area contributed by atoms with Crippen molar-refractivity contribution in [3.8, 4) is 0 Å². The molecule has 0 saturated carbocycles. The van der Waals surface area contributed by atoms with Crippen LogP contribution in [-0.2, 0) is 9.53 Å². The van der Waals surface area contributed by atoms with E-state index in [9.17, 15) is 4.79 Å². The number of alkyl halides is 1. The van der Waals surface area contributed by atoms with Crippen LogP contribution in [0.4, 0.5) is 0 Å². The van der Waals surface area contributed by atoms with Crippen LogP contribution in [0.3, 0.4) is 0 Å². The van der Waals surface area contributed by atoms with Gasteiger partial charge in [0.15, 0.2) is 0 Å². The molecule has 0 bridgehead atoms. The zero-order valence-corrected chi connectivity index (χ0v) is 11.3. The third-order valence-corrected chi connectivity index (χ3v) is 2.33. The number of halogens is 2. The first-order chi connectivity index (χ1) is 6.05. The van der Waals surface area contributed by atoms with Crippen molar-refractivity contribution in [2.75, 3.05) is 40.2 Å². The number of ether oxygens (including phenoxy) is 1. The molecule has 0 aliphatic carbocycles. The van der Waals surface area contributed by atoms with E-state index in [2.05, 4.69) is 14.1 Å². The summed E-state index contributed by atoms with van der Waals surface area (Å²) in [5, 5.41) is 0. The van der Waals surface area contributed by atoms with Crippen molar-refractivity contribution in [1.29, 1.82) is 0 Å². The van der Waals surface area contributed by atoms with Crippen LogP contribution in [0, 0.1) is 0 Å². The second-order valence-electron chi connectivity index (χ2n) is 3.77. The maximum atomic E-state index is 10.5. The first kappa shape index (κ1) is 16.8. The molecule has 5 heteroatoms. The fraction of sp³-hybridized carbons (Fsp3) is 0.889. The van der Waals surface area contributed by atoms with Crippen LogP contribution in [0.1, 0.15) is 6.42 Å². The van der Waals surface area contributed by atoms with E-state index >= 15 is 0 Å². The molecule has 1 atom stereocenters. The molecule has 0 saturated heterocycles. The van der Waals surface area contributed by atoms with Gasteiger partial charge in [0, 0.05) is 13.5 Å².